The molecule has 0 spiro atoms. The molecule has 0 unspecified atom stereocenters. The smallest absolute Gasteiger partial charge is 0.0302 e. The van der Waals surface area contributed by atoms with Crippen LogP contribution in [0.15, 0.2) is 49.1 Å². The largest absolute Gasteiger partial charge is 0.265 e. The van der Waals surface area contributed by atoms with Crippen molar-refractivity contribution in [2.75, 3.05) is 0 Å². The molecule has 2 heterocycles. The first-order valence-electron chi connectivity index (χ1n) is 8.41. The van der Waals surface area contributed by atoms with Gasteiger partial charge in [0.05, 0.1) is 0 Å². The minimum atomic E-state index is 0. The topological polar surface area (TPSA) is 25.8 Å². The lowest BCUT2D eigenvalue weighted by Crippen LogP contribution is -1.85. The molecule has 0 fully saturated rings. The molecule has 140 valence electrons. The van der Waals surface area contributed by atoms with E-state index >= 15 is 0 Å². The zero-order chi connectivity index (χ0) is 17.4. The molecule has 0 aliphatic rings. The lowest BCUT2D eigenvalue weighted by Gasteiger charge is -2.01. The minimum Gasteiger partial charge on any atom is -0.265 e. The van der Waals surface area contributed by atoms with Crippen LogP contribution >= 0.6 is 0 Å². The predicted molar refractivity (Wildman–Crippen MR) is 113 cm³/mol. The highest BCUT2D eigenvalue weighted by atomic mass is 14.6. The van der Waals surface area contributed by atoms with Crippen LogP contribution < -0.4 is 0 Å². The fourth-order valence-corrected chi connectivity index (χ4v) is 1.47. The summed E-state index contributed by atoms with van der Waals surface area (Å²) in [4.78, 5) is 7.93. The number of aromatic nitrogens is 2. The van der Waals surface area contributed by atoms with Crippen LogP contribution in [0, 0.1) is 0 Å². The van der Waals surface area contributed by atoms with E-state index in [1.54, 1.807) is 6.20 Å². The van der Waals surface area contributed by atoms with E-state index in [4.69, 9.17) is 0 Å². The molecule has 0 aliphatic carbocycles. The molecule has 0 aliphatic heterocycles. The first-order valence-corrected chi connectivity index (χ1v) is 8.41. The Morgan fingerprint density at radius 2 is 1.08 bits per heavy atom. The second kappa shape index (κ2) is 21.3. The van der Waals surface area contributed by atoms with Crippen molar-refractivity contribution in [3.05, 3.63) is 60.2 Å². The molecular formula is C22H42N2. The van der Waals surface area contributed by atoms with Crippen molar-refractivity contribution in [1.82, 2.24) is 9.97 Å². The molecule has 0 aromatic carbocycles. The zero-order valence-corrected chi connectivity index (χ0v) is 15.7. The highest BCUT2D eigenvalue weighted by Crippen LogP contribution is 2.11. The molecule has 0 N–H and O–H groups in total. The van der Waals surface area contributed by atoms with Gasteiger partial charge in [0.1, 0.15) is 0 Å². The summed E-state index contributed by atoms with van der Waals surface area (Å²) >= 11 is 0. The number of nitrogens with zero attached hydrogens (tertiary/aromatic N) is 2. The molecule has 0 atom stereocenters. The molecule has 2 heteroatoms. The standard InChI is InChI=1S/2C8H11N.2C2H6.2CH4/c1-7(2)8-3-5-9-6-4-8;1-7(2)8-4-3-5-9-6-8;2*1-2;;/h2*3-7H,1-2H3;2*1-2H3;2*1H4. The zero-order valence-electron chi connectivity index (χ0n) is 15.7. The molecule has 2 aromatic heterocycles. The van der Waals surface area contributed by atoms with Crippen molar-refractivity contribution in [3.63, 3.8) is 0 Å². The summed E-state index contributed by atoms with van der Waals surface area (Å²) in [5.41, 5.74) is 2.66. The van der Waals surface area contributed by atoms with Crippen molar-refractivity contribution in [3.8, 4) is 0 Å². The normalized spacial score (nSPS) is 8.08. The monoisotopic (exact) mass is 334 g/mol. The van der Waals surface area contributed by atoms with Gasteiger partial charge in [0.2, 0.25) is 0 Å². The van der Waals surface area contributed by atoms with Crippen molar-refractivity contribution >= 4 is 0 Å². The number of hydrogen-bond acceptors (Lipinski definition) is 2. The maximum Gasteiger partial charge on any atom is 0.0302 e. The average molecular weight is 335 g/mol. The fourth-order valence-electron chi connectivity index (χ4n) is 1.47. The summed E-state index contributed by atoms with van der Waals surface area (Å²) in [7, 11) is 0. The molecular weight excluding hydrogens is 292 g/mol. The first kappa shape index (κ1) is 30.2. The molecule has 0 radical (unpaired) electrons. The van der Waals surface area contributed by atoms with Crippen LogP contribution in [-0.2, 0) is 0 Å². The van der Waals surface area contributed by atoms with Gasteiger partial charge in [0, 0.05) is 24.8 Å². The van der Waals surface area contributed by atoms with Crippen LogP contribution in [0.5, 0.6) is 0 Å². The minimum absolute atomic E-state index is 0. The van der Waals surface area contributed by atoms with Gasteiger partial charge in [-0.05, 0) is 41.2 Å². The summed E-state index contributed by atoms with van der Waals surface area (Å²) in [5.74, 6) is 1.21. The number of rotatable bonds is 2. The first-order chi connectivity index (χ1) is 10.6. The Labute approximate surface area is 152 Å². The van der Waals surface area contributed by atoms with E-state index in [2.05, 4.69) is 43.7 Å². The Morgan fingerprint density at radius 3 is 1.33 bits per heavy atom. The molecule has 2 rings (SSSR count). The number of pyridine rings is 2. The van der Waals surface area contributed by atoms with E-state index in [-0.39, 0.29) is 14.9 Å². The Hall–Kier alpha value is -1.70. The molecule has 2 aromatic rings. The van der Waals surface area contributed by atoms with Crippen molar-refractivity contribution in [1.29, 1.82) is 0 Å². The Morgan fingerprint density at radius 1 is 0.625 bits per heavy atom. The number of hydrogen-bond donors (Lipinski definition) is 0. The van der Waals surface area contributed by atoms with Crippen LogP contribution in [0.2, 0.25) is 0 Å². The van der Waals surface area contributed by atoms with Gasteiger partial charge in [-0.1, -0.05) is 76.3 Å². The third-order valence-electron chi connectivity index (χ3n) is 2.72. The molecule has 0 saturated heterocycles. The lowest BCUT2D eigenvalue weighted by molar-refractivity contribution is 0.858. The molecule has 0 bridgehead atoms. The van der Waals surface area contributed by atoms with E-state index in [9.17, 15) is 0 Å². The van der Waals surface area contributed by atoms with Gasteiger partial charge in [-0.2, -0.15) is 0 Å². The van der Waals surface area contributed by atoms with Crippen LogP contribution in [0.4, 0.5) is 0 Å². The van der Waals surface area contributed by atoms with Crippen molar-refractivity contribution in [2.45, 2.75) is 82.1 Å². The van der Waals surface area contributed by atoms with Crippen molar-refractivity contribution in [2.24, 2.45) is 0 Å². The SMILES string of the molecule is C.C.CC.CC.CC(C)c1cccnc1.CC(C)c1ccncc1. The Kier molecular flexibility index (Phi) is 26.8. The fraction of sp³-hybridized carbons (Fsp3) is 0.545. The maximum absolute atomic E-state index is 4.01. The summed E-state index contributed by atoms with van der Waals surface area (Å²) < 4.78 is 0. The quantitative estimate of drug-likeness (QED) is 0.561. The van der Waals surface area contributed by atoms with Gasteiger partial charge in [-0.15, -0.1) is 0 Å². The molecule has 0 saturated carbocycles. The second-order valence-electron chi connectivity index (χ2n) is 4.88. The molecule has 24 heavy (non-hydrogen) atoms. The van der Waals surface area contributed by atoms with Gasteiger partial charge in [0.25, 0.3) is 0 Å². The summed E-state index contributed by atoms with van der Waals surface area (Å²) in [6.45, 7) is 16.7. The summed E-state index contributed by atoms with van der Waals surface area (Å²) in [6, 6.07) is 8.16. The summed E-state index contributed by atoms with van der Waals surface area (Å²) in [6.07, 6.45) is 7.36. The predicted octanol–water partition coefficient (Wildman–Crippen LogP) is 7.73. The lowest BCUT2D eigenvalue weighted by atomic mass is 10.1. The Balaban J connectivity index is -0.000000129. The molecule has 2 nitrogen and oxygen atoms in total. The van der Waals surface area contributed by atoms with Crippen LogP contribution in [0.25, 0.3) is 0 Å². The third kappa shape index (κ3) is 15.2. The highest BCUT2D eigenvalue weighted by Gasteiger charge is 1.94. The highest BCUT2D eigenvalue weighted by molar-refractivity contribution is 5.13. The van der Waals surface area contributed by atoms with Gasteiger partial charge in [-0.3, -0.25) is 9.97 Å². The van der Waals surface area contributed by atoms with Gasteiger partial charge < -0.3 is 0 Å². The Bertz CT molecular complexity index is 379. The van der Waals surface area contributed by atoms with E-state index < -0.39 is 0 Å². The van der Waals surface area contributed by atoms with E-state index in [1.165, 1.54) is 11.1 Å². The second-order valence-corrected chi connectivity index (χ2v) is 4.88. The van der Waals surface area contributed by atoms with Gasteiger partial charge in [0.15, 0.2) is 0 Å². The van der Waals surface area contributed by atoms with Gasteiger partial charge >= 0.3 is 0 Å². The van der Waals surface area contributed by atoms with Crippen molar-refractivity contribution < 1.29 is 0 Å². The van der Waals surface area contributed by atoms with Crippen LogP contribution in [0.3, 0.4) is 0 Å². The van der Waals surface area contributed by atoms with Crippen LogP contribution in [-0.4, -0.2) is 9.97 Å². The van der Waals surface area contributed by atoms with E-state index in [0.29, 0.717) is 11.8 Å². The van der Waals surface area contributed by atoms with E-state index in [1.807, 2.05) is 64.5 Å². The molecule has 0 amide bonds. The van der Waals surface area contributed by atoms with Crippen LogP contribution in [0.1, 0.15) is 93.2 Å². The summed E-state index contributed by atoms with van der Waals surface area (Å²) in [5, 5.41) is 0. The maximum atomic E-state index is 4.01. The van der Waals surface area contributed by atoms with Gasteiger partial charge in [-0.25, -0.2) is 0 Å². The van der Waals surface area contributed by atoms with E-state index in [0.717, 1.165) is 0 Å². The third-order valence-corrected chi connectivity index (χ3v) is 2.72. The average Bonchev–Trinajstić information content (AvgIpc) is 2.60.